The average Bonchev–Trinajstić information content (AvgIpc) is 2.26. The molecule has 0 bridgehead atoms. The van der Waals surface area contributed by atoms with Crippen LogP contribution < -0.4 is 0 Å². The highest BCUT2D eigenvalue weighted by molar-refractivity contribution is 8.10. The van der Waals surface area contributed by atoms with Gasteiger partial charge in [-0.05, 0) is 0 Å². The van der Waals surface area contributed by atoms with E-state index in [4.69, 9.17) is 26.5 Å². The fourth-order valence-corrected chi connectivity index (χ4v) is 2.97. The third-order valence-corrected chi connectivity index (χ3v) is 3.69. The number of hydrogen-bond acceptors (Lipinski definition) is 10. The molecule has 10 nitrogen and oxygen atoms in total. The van der Waals surface area contributed by atoms with Gasteiger partial charge >= 0.3 is 18.7 Å². The molecule has 0 amide bonds. The summed E-state index contributed by atoms with van der Waals surface area (Å²) in [6, 6.07) is 0. The molecule has 0 spiro atoms. The second kappa shape index (κ2) is 6.16. The van der Waals surface area contributed by atoms with Crippen LogP contribution in [0.2, 0.25) is 0 Å². The molecule has 3 N–H and O–H groups in total. The maximum Gasteiger partial charge on any atom is 0.356 e. The Morgan fingerprint density at radius 1 is 1.20 bits per heavy atom. The van der Waals surface area contributed by atoms with E-state index >= 15 is 0 Å². The van der Waals surface area contributed by atoms with Crippen LogP contribution in [-0.2, 0) is 31.8 Å². The molecule has 0 unspecified atom stereocenters. The fourth-order valence-electron chi connectivity index (χ4n) is 1.48. The van der Waals surface area contributed by atoms with E-state index in [1.165, 1.54) is 0 Å². The van der Waals surface area contributed by atoms with E-state index in [-0.39, 0.29) is 0 Å². The van der Waals surface area contributed by atoms with E-state index < -0.39 is 56.0 Å². The highest BCUT2D eigenvalue weighted by Crippen LogP contribution is 2.30. The van der Waals surface area contributed by atoms with Crippen LogP contribution in [0.3, 0.4) is 0 Å². The first-order valence-electron chi connectivity index (χ1n) is 4.79. The quantitative estimate of drug-likeness (QED) is 0.449. The molecular formula is C6H10Cl2O10S2. The monoisotopic (exact) mass is 376 g/mol. The largest absolute Gasteiger partial charge is 0.391 e. The maximum atomic E-state index is 10.9. The minimum atomic E-state index is -4.66. The molecule has 0 radical (unpaired) electrons. The first-order chi connectivity index (χ1) is 8.88. The SMILES string of the molecule is O=S(=O)(Cl)O[C@@H]1[C@H](OS(=O)(=O)Cl)CO[C@](O)(CO)[C@H]1O. The molecule has 20 heavy (non-hydrogen) atoms. The van der Waals surface area contributed by atoms with Crippen LogP contribution in [0.25, 0.3) is 0 Å². The van der Waals surface area contributed by atoms with Crippen LogP contribution in [-0.4, -0.2) is 69.5 Å². The van der Waals surface area contributed by atoms with Crippen LogP contribution in [0.5, 0.6) is 0 Å². The van der Waals surface area contributed by atoms with Gasteiger partial charge in [-0.25, -0.2) is 8.37 Å². The molecule has 1 rings (SSSR count). The number of rotatable bonds is 5. The topological polar surface area (TPSA) is 157 Å². The molecular weight excluding hydrogens is 367 g/mol. The van der Waals surface area contributed by atoms with Gasteiger partial charge in [0.2, 0.25) is 5.79 Å². The summed E-state index contributed by atoms with van der Waals surface area (Å²) in [4.78, 5) is 0. The van der Waals surface area contributed by atoms with Crippen molar-refractivity contribution < 1.29 is 45.3 Å². The average molecular weight is 377 g/mol. The second-order valence-electron chi connectivity index (χ2n) is 3.74. The highest BCUT2D eigenvalue weighted by Gasteiger charge is 2.52. The van der Waals surface area contributed by atoms with E-state index in [0.717, 1.165) is 0 Å². The molecule has 1 aliphatic heterocycles. The zero-order valence-corrected chi connectivity index (χ0v) is 12.6. The summed E-state index contributed by atoms with van der Waals surface area (Å²) in [5.74, 6) is -2.58. The number of aliphatic hydroxyl groups excluding tert-OH is 2. The van der Waals surface area contributed by atoms with Crippen molar-refractivity contribution in [3.63, 3.8) is 0 Å². The zero-order chi connectivity index (χ0) is 15.8. The normalized spacial score (nSPS) is 36.0. The van der Waals surface area contributed by atoms with Crippen molar-refractivity contribution >= 4 is 40.0 Å². The molecule has 120 valence electrons. The molecule has 1 aliphatic rings. The number of halogens is 2. The first kappa shape index (κ1) is 18.3. The van der Waals surface area contributed by atoms with Gasteiger partial charge in [-0.3, -0.25) is 0 Å². The van der Waals surface area contributed by atoms with E-state index in [0.29, 0.717) is 0 Å². The summed E-state index contributed by atoms with van der Waals surface area (Å²) < 4.78 is 56.5. The summed E-state index contributed by atoms with van der Waals surface area (Å²) in [7, 11) is 0.421. The Morgan fingerprint density at radius 2 is 1.70 bits per heavy atom. The molecule has 1 heterocycles. The van der Waals surface area contributed by atoms with Crippen LogP contribution >= 0.6 is 21.4 Å². The smallest absolute Gasteiger partial charge is 0.356 e. The van der Waals surface area contributed by atoms with Crippen molar-refractivity contribution in [3.8, 4) is 0 Å². The van der Waals surface area contributed by atoms with Crippen LogP contribution in [0, 0.1) is 0 Å². The third kappa shape index (κ3) is 4.91. The van der Waals surface area contributed by atoms with Crippen LogP contribution in [0.15, 0.2) is 0 Å². The Morgan fingerprint density at radius 3 is 2.10 bits per heavy atom. The first-order valence-corrected chi connectivity index (χ1v) is 9.26. The van der Waals surface area contributed by atoms with Gasteiger partial charge in [0.05, 0.1) is 13.2 Å². The van der Waals surface area contributed by atoms with Crippen molar-refractivity contribution in [1.29, 1.82) is 0 Å². The van der Waals surface area contributed by atoms with Gasteiger partial charge in [0.25, 0.3) is 0 Å². The fraction of sp³-hybridized carbons (Fsp3) is 1.00. The lowest BCUT2D eigenvalue weighted by Gasteiger charge is -2.42. The van der Waals surface area contributed by atoms with Gasteiger partial charge in [-0.15, -0.1) is 0 Å². The summed E-state index contributed by atoms with van der Waals surface area (Å²) in [6.07, 6.45) is -5.87. The molecule has 0 saturated carbocycles. The summed E-state index contributed by atoms with van der Waals surface area (Å²) in [5.41, 5.74) is 0. The molecule has 0 aromatic heterocycles. The highest BCUT2D eigenvalue weighted by atomic mass is 35.7. The standard InChI is InChI=1S/C6H10Cl2O10S2/c7-19(12,13)17-3-1-16-6(11,2-9)5(10)4(3)18-20(8,14)15/h3-5,9-11H,1-2H2/t3-,4-,5+,6-/m1/s1. The molecule has 14 heteroatoms. The van der Waals surface area contributed by atoms with Crippen molar-refractivity contribution in [1.82, 2.24) is 0 Å². The third-order valence-electron chi connectivity index (χ3n) is 2.33. The van der Waals surface area contributed by atoms with Crippen molar-refractivity contribution in [3.05, 3.63) is 0 Å². The molecule has 0 aromatic carbocycles. The van der Waals surface area contributed by atoms with Crippen molar-refractivity contribution in [2.75, 3.05) is 13.2 Å². The number of ether oxygens (including phenoxy) is 1. The molecule has 0 aromatic rings. The lowest BCUT2D eigenvalue weighted by atomic mass is 9.98. The lowest BCUT2D eigenvalue weighted by molar-refractivity contribution is -0.324. The number of hydrogen-bond donors (Lipinski definition) is 3. The summed E-state index contributed by atoms with van der Waals surface area (Å²) in [6.45, 7) is -1.88. The van der Waals surface area contributed by atoms with Crippen LogP contribution in [0.4, 0.5) is 0 Å². The molecule has 1 saturated heterocycles. The molecule has 1 fully saturated rings. The Hall–Kier alpha value is 0.240. The predicted molar refractivity (Wildman–Crippen MR) is 63.3 cm³/mol. The zero-order valence-electron chi connectivity index (χ0n) is 9.42. The second-order valence-corrected chi connectivity index (χ2v) is 7.97. The van der Waals surface area contributed by atoms with E-state index in [2.05, 4.69) is 13.1 Å². The maximum absolute atomic E-state index is 10.9. The van der Waals surface area contributed by atoms with Gasteiger partial charge in [-0.2, -0.15) is 16.8 Å². The Bertz CT molecular complexity index is 546. The molecule has 0 aliphatic carbocycles. The van der Waals surface area contributed by atoms with Gasteiger partial charge in [0.1, 0.15) is 18.3 Å². The number of aliphatic hydroxyl groups is 3. The van der Waals surface area contributed by atoms with Crippen molar-refractivity contribution in [2.24, 2.45) is 0 Å². The molecule has 4 atom stereocenters. The van der Waals surface area contributed by atoms with Crippen molar-refractivity contribution in [2.45, 2.75) is 24.1 Å². The Balaban J connectivity index is 3.07. The van der Waals surface area contributed by atoms with Crippen LogP contribution in [0.1, 0.15) is 0 Å². The summed E-state index contributed by atoms with van der Waals surface area (Å²) >= 11 is 0. The van der Waals surface area contributed by atoms with Gasteiger partial charge in [0, 0.05) is 21.4 Å². The van der Waals surface area contributed by atoms with Gasteiger partial charge in [-0.1, -0.05) is 0 Å². The summed E-state index contributed by atoms with van der Waals surface area (Å²) in [5, 5.41) is 28.3. The predicted octanol–water partition coefficient (Wildman–Crippen LogP) is -2.20. The van der Waals surface area contributed by atoms with Gasteiger partial charge < -0.3 is 20.1 Å². The minimum absolute atomic E-state index is 0.753. The lowest BCUT2D eigenvalue weighted by Crippen LogP contribution is -2.64. The Labute approximate surface area is 123 Å². The minimum Gasteiger partial charge on any atom is -0.391 e. The Kier molecular flexibility index (Phi) is 5.63. The van der Waals surface area contributed by atoms with Gasteiger partial charge in [0.15, 0.2) is 0 Å². The van der Waals surface area contributed by atoms with E-state index in [1.54, 1.807) is 0 Å². The van der Waals surface area contributed by atoms with E-state index in [9.17, 15) is 27.0 Å². The van der Waals surface area contributed by atoms with E-state index in [1.807, 2.05) is 0 Å².